The van der Waals surface area contributed by atoms with Gasteiger partial charge in [0.2, 0.25) is 0 Å². The van der Waals surface area contributed by atoms with E-state index in [-0.39, 0.29) is 17.9 Å². The maximum atomic E-state index is 12.6. The van der Waals surface area contributed by atoms with Crippen molar-refractivity contribution in [1.82, 2.24) is 14.6 Å². The van der Waals surface area contributed by atoms with E-state index in [4.69, 9.17) is 9.72 Å². The standard InChI is InChI=1S/C21H29BrN4O2/c1-5-15-10-14(20(27)28-21(2,3)4)8-9-25(15)19-18-16(13-6-7-13)11-17(22)26(18)24-12-23-19/h11-15H,5-10H2,1-4H3/t14-,15-/m1/s1. The predicted molar refractivity (Wildman–Crippen MR) is 113 cm³/mol. The van der Waals surface area contributed by atoms with Gasteiger partial charge in [0.05, 0.1) is 5.92 Å². The summed E-state index contributed by atoms with van der Waals surface area (Å²) in [4.78, 5) is 19.7. The molecule has 1 aliphatic carbocycles. The highest BCUT2D eigenvalue weighted by atomic mass is 79.9. The second kappa shape index (κ2) is 7.32. The minimum Gasteiger partial charge on any atom is -0.460 e. The van der Waals surface area contributed by atoms with E-state index in [1.54, 1.807) is 6.33 Å². The van der Waals surface area contributed by atoms with Gasteiger partial charge in [-0.05, 0) is 86.4 Å². The highest BCUT2D eigenvalue weighted by Gasteiger charge is 2.37. The summed E-state index contributed by atoms with van der Waals surface area (Å²) < 4.78 is 8.59. The van der Waals surface area contributed by atoms with Crippen LogP contribution in [0.15, 0.2) is 17.0 Å². The van der Waals surface area contributed by atoms with E-state index in [1.807, 2.05) is 25.3 Å². The number of esters is 1. The van der Waals surface area contributed by atoms with E-state index in [1.165, 1.54) is 18.4 Å². The quantitative estimate of drug-likeness (QED) is 0.633. The van der Waals surface area contributed by atoms with E-state index >= 15 is 0 Å². The van der Waals surface area contributed by atoms with Crippen LogP contribution in [0.3, 0.4) is 0 Å². The first-order valence-electron chi connectivity index (χ1n) is 10.3. The fourth-order valence-corrected chi connectivity index (χ4v) is 4.76. The molecule has 1 aliphatic heterocycles. The van der Waals surface area contributed by atoms with Crippen molar-refractivity contribution in [2.75, 3.05) is 11.4 Å². The van der Waals surface area contributed by atoms with Gasteiger partial charge in [0.15, 0.2) is 5.82 Å². The van der Waals surface area contributed by atoms with Gasteiger partial charge in [-0.2, -0.15) is 5.10 Å². The molecular formula is C21H29BrN4O2. The molecule has 1 saturated heterocycles. The highest BCUT2D eigenvalue weighted by molar-refractivity contribution is 9.10. The molecule has 3 heterocycles. The van der Waals surface area contributed by atoms with Crippen molar-refractivity contribution >= 4 is 33.2 Å². The zero-order valence-electron chi connectivity index (χ0n) is 17.1. The van der Waals surface area contributed by atoms with Crippen molar-refractivity contribution in [3.63, 3.8) is 0 Å². The Kier molecular flexibility index (Phi) is 5.14. The maximum Gasteiger partial charge on any atom is 0.309 e. The molecule has 0 unspecified atom stereocenters. The molecule has 4 rings (SSSR count). The van der Waals surface area contributed by atoms with Gasteiger partial charge in [0.1, 0.15) is 22.0 Å². The Bertz CT molecular complexity index is 884. The van der Waals surface area contributed by atoms with Gasteiger partial charge in [-0.15, -0.1) is 0 Å². The van der Waals surface area contributed by atoms with E-state index in [0.29, 0.717) is 5.92 Å². The number of ether oxygens (including phenoxy) is 1. The van der Waals surface area contributed by atoms with Crippen LogP contribution in [-0.4, -0.2) is 38.8 Å². The topological polar surface area (TPSA) is 59.7 Å². The summed E-state index contributed by atoms with van der Waals surface area (Å²) in [6.45, 7) is 8.78. The first-order chi connectivity index (χ1) is 13.3. The number of nitrogens with zero attached hydrogens (tertiary/aromatic N) is 4. The first kappa shape index (κ1) is 19.7. The lowest BCUT2D eigenvalue weighted by molar-refractivity contribution is -0.161. The average Bonchev–Trinajstić information content (AvgIpc) is 3.43. The summed E-state index contributed by atoms with van der Waals surface area (Å²) >= 11 is 3.65. The molecule has 152 valence electrons. The van der Waals surface area contributed by atoms with Gasteiger partial charge >= 0.3 is 5.97 Å². The second-order valence-electron chi connectivity index (χ2n) is 9.05. The van der Waals surface area contributed by atoms with Gasteiger partial charge in [0, 0.05) is 12.6 Å². The largest absolute Gasteiger partial charge is 0.460 e. The van der Waals surface area contributed by atoms with Gasteiger partial charge in [0.25, 0.3) is 0 Å². The Morgan fingerprint density at radius 1 is 1.32 bits per heavy atom. The minimum absolute atomic E-state index is 0.0419. The van der Waals surface area contributed by atoms with Crippen LogP contribution in [0.25, 0.3) is 5.52 Å². The molecule has 0 spiro atoms. The fourth-order valence-electron chi connectivity index (χ4n) is 4.25. The number of aromatic nitrogens is 3. The van der Waals surface area contributed by atoms with Crippen molar-refractivity contribution in [3.05, 3.63) is 22.6 Å². The molecule has 0 N–H and O–H groups in total. The lowest BCUT2D eigenvalue weighted by atomic mass is 9.89. The number of fused-ring (bicyclic) bond motifs is 1. The van der Waals surface area contributed by atoms with Crippen LogP contribution in [0, 0.1) is 5.92 Å². The molecule has 7 heteroatoms. The molecule has 2 aliphatic rings. The molecule has 2 aromatic rings. The maximum absolute atomic E-state index is 12.6. The SMILES string of the molecule is CC[C@@H]1C[C@H](C(=O)OC(C)(C)C)CCN1c1ncnn2c(Br)cc(C3CC3)c12. The van der Waals surface area contributed by atoms with Crippen LogP contribution in [0.5, 0.6) is 0 Å². The van der Waals surface area contributed by atoms with Crippen LogP contribution in [-0.2, 0) is 9.53 Å². The van der Waals surface area contributed by atoms with Crippen molar-refractivity contribution in [2.24, 2.45) is 5.92 Å². The first-order valence-corrected chi connectivity index (χ1v) is 11.1. The number of anilines is 1. The normalized spacial score (nSPS) is 23.2. The summed E-state index contributed by atoms with van der Waals surface area (Å²) in [5.74, 6) is 1.50. The van der Waals surface area contributed by atoms with Crippen LogP contribution in [0.1, 0.15) is 71.3 Å². The second-order valence-corrected chi connectivity index (χ2v) is 9.86. The van der Waals surface area contributed by atoms with Gasteiger partial charge in [-0.3, -0.25) is 4.79 Å². The van der Waals surface area contributed by atoms with Crippen LogP contribution in [0.2, 0.25) is 0 Å². The molecular weight excluding hydrogens is 420 g/mol. The Morgan fingerprint density at radius 2 is 2.07 bits per heavy atom. The molecule has 2 atom stereocenters. The summed E-state index contributed by atoms with van der Waals surface area (Å²) in [7, 11) is 0. The third kappa shape index (κ3) is 3.78. The number of rotatable bonds is 4. The summed E-state index contributed by atoms with van der Waals surface area (Å²) in [6, 6.07) is 2.46. The number of piperidine rings is 1. The molecule has 0 bridgehead atoms. The van der Waals surface area contributed by atoms with E-state index < -0.39 is 5.60 Å². The predicted octanol–water partition coefficient (Wildman–Crippen LogP) is 4.71. The molecule has 1 saturated carbocycles. The number of hydrogen-bond donors (Lipinski definition) is 0. The zero-order valence-corrected chi connectivity index (χ0v) is 18.7. The molecule has 2 fully saturated rings. The Balaban J connectivity index is 1.63. The smallest absolute Gasteiger partial charge is 0.309 e. The summed E-state index contributed by atoms with van der Waals surface area (Å²) in [6.07, 6.45) is 6.67. The molecule has 0 aromatic carbocycles. The Labute approximate surface area is 174 Å². The zero-order chi connectivity index (χ0) is 20.1. The molecule has 6 nitrogen and oxygen atoms in total. The van der Waals surface area contributed by atoms with E-state index in [0.717, 1.165) is 41.7 Å². The number of hydrogen-bond acceptors (Lipinski definition) is 5. The monoisotopic (exact) mass is 448 g/mol. The van der Waals surface area contributed by atoms with Crippen molar-refractivity contribution in [2.45, 2.75) is 77.4 Å². The molecule has 28 heavy (non-hydrogen) atoms. The van der Waals surface area contributed by atoms with Gasteiger partial charge in [-0.1, -0.05) is 6.92 Å². The average molecular weight is 449 g/mol. The summed E-state index contributed by atoms with van der Waals surface area (Å²) in [5, 5.41) is 4.46. The van der Waals surface area contributed by atoms with Crippen LogP contribution < -0.4 is 4.90 Å². The minimum atomic E-state index is -0.438. The van der Waals surface area contributed by atoms with Gasteiger partial charge < -0.3 is 9.64 Å². The van der Waals surface area contributed by atoms with Crippen molar-refractivity contribution in [1.29, 1.82) is 0 Å². The van der Waals surface area contributed by atoms with Crippen LogP contribution in [0.4, 0.5) is 5.82 Å². The molecule has 0 amide bonds. The summed E-state index contributed by atoms with van der Waals surface area (Å²) in [5.41, 5.74) is 2.02. The third-order valence-corrected chi connectivity index (χ3v) is 6.30. The fraction of sp³-hybridized carbons (Fsp3) is 0.667. The lowest BCUT2D eigenvalue weighted by Crippen LogP contribution is -2.46. The highest BCUT2D eigenvalue weighted by Crippen LogP contribution is 2.46. The number of carbonyl (C=O) groups excluding carboxylic acids is 1. The van der Waals surface area contributed by atoms with Crippen LogP contribution >= 0.6 is 15.9 Å². The Morgan fingerprint density at radius 3 is 2.71 bits per heavy atom. The third-order valence-electron chi connectivity index (χ3n) is 5.74. The van der Waals surface area contributed by atoms with E-state index in [9.17, 15) is 4.79 Å². The molecule has 0 radical (unpaired) electrons. The molecule has 2 aromatic heterocycles. The number of carbonyl (C=O) groups is 1. The Hall–Kier alpha value is -1.63. The lowest BCUT2D eigenvalue weighted by Gasteiger charge is -2.40. The van der Waals surface area contributed by atoms with Gasteiger partial charge in [-0.25, -0.2) is 9.50 Å². The van der Waals surface area contributed by atoms with Crippen molar-refractivity contribution in [3.8, 4) is 0 Å². The van der Waals surface area contributed by atoms with Crippen molar-refractivity contribution < 1.29 is 9.53 Å². The number of halogens is 1. The van der Waals surface area contributed by atoms with E-state index in [2.05, 4.69) is 38.9 Å².